The molecule has 2 rings (SSSR count). The highest BCUT2D eigenvalue weighted by molar-refractivity contribution is 9.10. The van der Waals surface area contributed by atoms with E-state index < -0.39 is 0 Å². The molecule has 0 amide bonds. The number of nitrogens with one attached hydrogen (secondary N) is 1. The highest BCUT2D eigenvalue weighted by atomic mass is 79.9. The Morgan fingerprint density at radius 3 is 2.70 bits per heavy atom. The van der Waals surface area contributed by atoms with E-state index in [0.29, 0.717) is 22.5 Å². The van der Waals surface area contributed by atoms with Crippen LogP contribution in [0.15, 0.2) is 39.3 Å². The molecule has 0 aliphatic rings. The molecule has 0 aliphatic heterocycles. The quantitative estimate of drug-likeness (QED) is 0.777. The molecule has 0 radical (unpaired) electrons. The third kappa shape index (κ3) is 3.43. The predicted octanol–water partition coefficient (Wildman–Crippen LogP) is 4.68. The fourth-order valence-electron chi connectivity index (χ4n) is 1.72. The number of methoxy groups -OCH3 is 1. The van der Waals surface area contributed by atoms with Gasteiger partial charge in [0, 0.05) is 11.0 Å². The molecule has 2 aromatic rings. The predicted molar refractivity (Wildman–Crippen MR) is 83.8 cm³/mol. The minimum absolute atomic E-state index is 0.0462. The van der Waals surface area contributed by atoms with Crippen molar-refractivity contribution in [1.82, 2.24) is 0 Å². The topological polar surface area (TPSA) is 41.5 Å². The molecule has 0 fully saturated rings. The third-order valence-corrected chi connectivity index (χ3v) is 3.82. The van der Waals surface area contributed by atoms with Gasteiger partial charge in [0.15, 0.2) is 11.5 Å². The zero-order valence-electron chi connectivity index (χ0n) is 10.6. The van der Waals surface area contributed by atoms with Crippen molar-refractivity contribution in [3.05, 3.63) is 50.7 Å². The Balaban J connectivity index is 2.19. The first-order valence-corrected chi connectivity index (χ1v) is 7.34. The lowest BCUT2D eigenvalue weighted by Crippen LogP contribution is -2.02. The number of benzene rings is 2. The average molecular weight is 405 g/mol. The third-order valence-electron chi connectivity index (χ3n) is 2.72. The van der Waals surface area contributed by atoms with Crippen LogP contribution < -0.4 is 10.1 Å². The van der Waals surface area contributed by atoms with Gasteiger partial charge in [-0.3, -0.25) is 0 Å². The maximum Gasteiger partial charge on any atom is 0.172 e. The monoisotopic (exact) mass is 403 g/mol. The molecule has 0 bridgehead atoms. The highest BCUT2D eigenvalue weighted by Crippen LogP contribution is 2.35. The molecule has 3 nitrogen and oxygen atoms in total. The summed E-state index contributed by atoms with van der Waals surface area (Å²) >= 11 is 6.55. The van der Waals surface area contributed by atoms with E-state index in [9.17, 15) is 9.50 Å². The van der Waals surface area contributed by atoms with E-state index in [-0.39, 0.29) is 11.6 Å². The molecule has 2 N–H and O–H groups in total. The Kier molecular flexibility index (Phi) is 4.88. The van der Waals surface area contributed by atoms with E-state index in [1.807, 2.05) is 0 Å². The summed E-state index contributed by atoms with van der Waals surface area (Å²) in [5.41, 5.74) is 1.26. The number of hydrogen-bond acceptors (Lipinski definition) is 3. The first-order valence-electron chi connectivity index (χ1n) is 5.75. The van der Waals surface area contributed by atoms with Gasteiger partial charge in [-0.2, -0.15) is 0 Å². The van der Waals surface area contributed by atoms with Crippen molar-refractivity contribution in [3.8, 4) is 11.5 Å². The van der Waals surface area contributed by atoms with Crippen LogP contribution in [0.1, 0.15) is 5.56 Å². The molecule has 106 valence electrons. The van der Waals surface area contributed by atoms with E-state index in [4.69, 9.17) is 4.74 Å². The van der Waals surface area contributed by atoms with Crippen LogP contribution in [0.5, 0.6) is 11.5 Å². The van der Waals surface area contributed by atoms with Crippen LogP contribution in [0.25, 0.3) is 0 Å². The fourth-order valence-corrected chi connectivity index (χ4v) is 2.57. The molecular formula is C14H12Br2FNO2. The van der Waals surface area contributed by atoms with E-state index in [1.54, 1.807) is 24.3 Å². The summed E-state index contributed by atoms with van der Waals surface area (Å²) in [5, 5.41) is 12.7. The Bertz CT molecular complexity index is 635. The minimum Gasteiger partial charge on any atom is -0.503 e. The summed E-state index contributed by atoms with van der Waals surface area (Å²) in [5.74, 6) is 0.0915. The number of hydrogen-bond donors (Lipinski definition) is 2. The van der Waals surface area contributed by atoms with Crippen LogP contribution in [0.4, 0.5) is 10.1 Å². The molecular weight excluding hydrogens is 393 g/mol. The molecule has 2 aromatic carbocycles. The molecule has 20 heavy (non-hydrogen) atoms. The Hall–Kier alpha value is -1.27. The molecule has 0 aromatic heterocycles. The lowest BCUT2D eigenvalue weighted by atomic mass is 10.2. The zero-order valence-corrected chi connectivity index (χ0v) is 13.8. The first-order chi connectivity index (χ1) is 9.51. The summed E-state index contributed by atoms with van der Waals surface area (Å²) in [6.45, 7) is 0.405. The lowest BCUT2D eigenvalue weighted by molar-refractivity contribution is 0.371. The maximum atomic E-state index is 13.6. The smallest absolute Gasteiger partial charge is 0.172 e. The second-order valence-corrected chi connectivity index (χ2v) is 5.88. The number of halogens is 3. The number of rotatable bonds is 4. The Labute approximate surface area is 133 Å². The summed E-state index contributed by atoms with van der Waals surface area (Å²) in [7, 11) is 1.48. The van der Waals surface area contributed by atoms with Gasteiger partial charge in [0.2, 0.25) is 0 Å². The largest absolute Gasteiger partial charge is 0.503 e. The van der Waals surface area contributed by atoms with Crippen molar-refractivity contribution in [1.29, 1.82) is 0 Å². The molecule has 0 saturated heterocycles. The van der Waals surface area contributed by atoms with Gasteiger partial charge in [-0.1, -0.05) is 15.9 Å². The van der Waals surface area contributed by atoms with Crippen LogP contribution >= 0.6 is 31.9 Å². The standard InChI is InChI=1S/C14H12Br2FNO2/c1-20-13-5-8(4-10(16)14(13)19)7-18-12-6-9(15)2-3-11(12)17/h2-6,18-19H,7H2,1H3. The zero-order chi connectivity index (χ0) is 14.7. The second kappa shape index (κ2) is 6.45. The van der Waals surface area contributed by atoms with Crippen LogP contribution in [-0.4, -0.2) is 12.2 Å². The molecule has 6 heteroatoms. The van der Waals surface area contributed by atoms with Crippen molar-refractivity contribution < 1.29 is 14.2 Å². The van der Waals surface area contributed by atoms with Crippen LogP contribution in [0.3, 0.4) is 0 Å². The second-order valence-electron chi connectivity index (χ2n) is 4.11. The summed E-state index contributed by atoms with van der Waals surface area (Å²) < 4.78 is 20.0. The SMILES string of the molecule is COc1cc(CNc2cc(Br)ccc2F)cc(Br)c1O. The van der Waals surface area contributed by atoms with Gasteiger partial charge < -0.3 is 15.2 Å². The molecule has 0 heterocycles. The molecule has 0 unspecified atom stereocenters. The van der Waals surface area contributed by atoms with E-state index in [1.165, 1.54) is 13.2 Å². The minimum atomic E-state index is -0.321. The number of anilines is 1. The van der Waals surface area contributed by atoms with E-state index in [0.717, 1.165) is 10.0 Å². The van der Waals surface area contributed by atoms with Crippen LogP contribution in [0, 0.1) is 5.82 Å². The van der Waals surface area contributed by atoms with Crippen molar-refractivity contribution in [2.24, 2.45) is 0 Å². The van der Waals surface area contributed by atoms with Crippen LogP contribution in [0.2, 0.25) is 0 Å². The van der Waals surface area contributed by atoms with Gasteiger partial charge in [0.05, 0.1) is 17.3 Å². The number of phenolic OH excluding ortho intramolecular Hbond substituents is 1. The lowest BCUT2D eigenvalue weighted by Gasteiger charge is -2.11. The normalized spacial score (nSPS) is 10.4. The van der Waals surface area contributed by atoms with Gasteiger partial charge in [0.1, 0.15) is 5.82 Å². The summed E-state index contributed by atoms with van der Waals surface area (Å²) in [6.07, 6.45) is 0. The molecule has 0 atom stereocenters. The van der Waals surface area contributed by atoms with Gasteiger partial charge in [-0.05, 0) is 51.8 Å². The molecule has 0 aliphatic carbocycles. The molecule has 0 spiro atoms. The number of phenols is 1. The van der Waals surface area contributed by atoms with Gasteiger partial charge in [-0.15, -0.1) is 0 Å². The van der Waals surface area contributed by atoms with Gasteiger partial charge in [-0.25, -0.2) is 4.39 Å². The summed E-state index contributed by atoms with van der Waals surface area (Å²) in [6, 6.07) is 8.15. The maximum absolute atomic E-state index is 13.6. The highest BCUT2D eigenvalue weighted by Gasteiger charge is 2.09. The Morgan fingerprint density at radius 1 is 1.25 bits per heavy atom. The summed E-state index contributed by atoms with van der Waals surface area (Å²) in [4.78, 5) is 0. The van der Waals surface area contributed by atoms with E-state index >= 15 is 0 Å². The fraction of sp³-hybridized carbons (Fsp3) is 0.143. The first kappa shape index (κ1) is 15.1. The average Bonchev–Trinajstić information content (AvgIpc) is 2.43. The number of ether oxygens (including phenoxy) is 1. The van der Waals surface area contributed by atoms with E-state index in [2.05, 4.69) is 37.2 Å². The van der Waals surface area contributed by atoms with Crippen molar-refractivity contribution in [3.63, 3.8) is 0 Å². The Morgan fingerprint density at radius 2 is 2.00 bits per heavy atom. The van der Waals surface area contributed by atoms with Crippen molar-refractivity contribution in [2.45, 2.75) is 6.54 Å². The van der Waals surface area contributed by atoms with Crippen molar-refractivity contribution in [2.75, 3.05) is 12.4 Å². The van der Waals surface area contributed by atoms with Gasteiger partial charge in [0.25, 0.3) is 0 Å². The molecule has 0 saturated carbocycles. The van der Waals surface area contributed by atoms with Gasteiger partial charge >= 0.3 is 0 Å². The van der Waals surface area contributed by atoms with Crippen molar-refractivity contribution >= 4 is 37.5 Å². The number of aromatic hydroxyl groups is 1. The van der Waals surface area contributed by atoms with Crippen LogP contribution in [-0.2, 0) is 6.54 Å².